The Morgan fingerprint density at radius 1 is 1.14 bits per heavy atom. The molecule has 0 heterocycles. The van der Waals surface area contributed by atoms with Crippen LogP contribution in [0.5, 0.6) is 0 Å². The molecular weight excluding hydrogens is 170 g/mol. The largest absolute Gasteiger partial charge is 0.382 e. The van der Waals surface area contributed by atoms with E-state index in [2.05, 4.69) is 50.4 Å². The van der Waals surface area contributed by atoms with Crippen LogP contribution in [-0.2, 0) is 5.41 Å². The molecule has 1 aliphatic rings. The molecule has 0 unspecified atom stereocenters. The van der Waals surface area contributed by atoms with E-state index in [1.54, 1.807) is 0 Å². The van der Waals surface area contributed by atoms with Crippen molar-refractivity contribution in [1.82, 2.24) is 0 Å². The number of rotatable bonds is 2. The normalized spacial score (nSPS) is 16.8. The maximum atomic E-state index is 3.59. The van der Waals surface area contributed by atoms with Crippen molar-refractivity contribution in [2.75, 3.05) is 5.32 Å². The van der Waals surface area contributed by atoms with Crippen LogP contribution in [0.2, 0.25) is 0 Å². The zero-order valence-corrected chi connectivity index (χ0v) is 9.30. The van der Waals surface area contributed by atoms with Crippen molar-refractivity contribution in [3.05, 3.63) is 29.8 Å². The molecule has 0 aromatic heterocycles. The fourth-order valence-electron chi connectivity index (χ4n) is 1.71. The minimum Gasteiger partial charge on any atom is -0.382 e. The third kappa shape index (κ3) is 2.09. The predicted octanol–water partition coefficient (Wildman–Crippen LogP) is 3.56. The minimum absolute atomic E-state index is 0.235. The summed E-state index contributed by atoms with van der Waals surface area (Å²) in [5.41, 5.74) is 2.98. The summed E-state index contributed by atoms with van der Waals surface area (Å²) in [5, 5.41) is 3.59. The highest BCUT2D eigenvalue weighted by molar-refractivity contribution is 5.55. The van der Waals surface area contributed by atoms with Gasteiger partial charge in [0.1, 0.15) is 0 Å². The molecule has 1 aromatic rings. The molecule has 14 heavy (non-hydrogen) atoms. The molecule has 1 aromatic carbocycles. The van der Waals surface area contributed by atoms with Gasteiger partial charge in [0.25, 0.3) is 0 Å². The smallest absolute Gasteiger partial charge is 0.0380 e. The first-order chi connectivity index (χ1) is 6.57. The number of nitrogens with one attached hydrogen (secondary N) is 1. The van der Waals surface area contributed by atoms with Crippen LogP contribution in [0.4, 0.5) is 5.69 Å². The van der Waals surface area contributed by atoms with Crippen LogP contribution in [-0.4, -0.2) is 6.04 Å². The first-order valence-electron chi connectivity index (χ1n) is 5.43. The Kier molecular flexibility index (Phi) is 2.26. The summed E-state index contributed by atoms with van der Waals surface area (Å²) in [6.45, 7) is 6.79. The van der Waals surface area contributed by atoms with E-state index >= 15 is 0 Å². The lowest BCUT2D eigenvalue weighted by Gasteiger charge is -2.23. The summed E-state index contributed by atoms with van der Waals surface area (Å²) < 4.78 is 0. The summed E-state index contributed by atoms with van der Waals surface area (Å²) in [4.78, 5) is 0. The maximum Gasteiger partial charge on any atom is 0.0380 e. The van der Waals surface area contributed by atoms with E-state index in [0.29, 0.717) is 0 Å². The Morgan fingerprint density at radius 2 is 1.79 bits per heavy atom. The molecule has 0 radical (unpaired) electrons. The van der Waals surface area contributed by atoms with Crippen LogP contribution in [0.15, 0.2) is 24.3 Å². The van der Waals surface area contributed by atoms with Gasteiger partial charge >= 0.3 is 0 Å². The summed E-state index contributed by atoms with van der Waals surface area (Å²) in [6, 6.07) is 9.39. The maximum absolute atomic E-state index is 3.59. The van der Waals surface area contributed by atoms with Gasteiger partial charge in [-0.05, 0) is 29.9 Å². The molecule has 1 fully saturated rings. The fraction of sp³-hybridized carbons (Fsp3) is 0.538. The molecule has 0 bridgehead atoms. The standard InChI is InChI=1S/C13H19N/c1-13(2,3)11-6-4-5-7-12(11)14-10-8-9-10/h4-7,10,14H,8-9H2,1-3H3. The molecule has 2 rings (SSSR count). The Labute approximate surface area is 86.5 Å². The van der Waals surface area contributed by atoms with Gasteiger partial charge < -0.3 is 5.32 Å². The van der Waals surface area contributed by atoms with Crippen molar-refractivity contribution in [2.45, 2.75) is 45.1 Å². The molecule has 76 valence electrons. The number of hydrogen-bond donors (Lipinski definition) is 1. The number of hydrogen-bond acceptors (Lipinski definition) is 1. The van der Waals surface area contributed by atoms with Crippen molar-refractivity contribution in [2.24, 2.45) is 0 Å². The lowest BCUT2D eigenvalue weighted by Crippen LogP contribution is -2.15. The second kappa shape index (κ2) is 3.30. The van der Waals surface area contributed by atoms with E-state index in [0.717, 1.165) is 6.04 Å². The first-order valence-corrected chi connectivity index (χ1v) is 5.43. The predicted molar refractivity (Wildman–Crippen MR) is 61.8 cm³/mol. The highest BCUT2D eigenvalue weighted by Crippen LogP contribution is 2.32. The summed E-state index contributed by atoms with van der Waals surface area (Å²) in [7, 11) is 0. The number of anilines is 1. The molecule has 0 saturated heterocycles. The molecule has 0 amide bonds. The average molecular weight is 189 g/mol. The van der Waals surface area contributed by atoms with E-state index in [-0.39, 0.29) is 5.41 Å². The Bertz CT molecular complexity index is 318. The van der Waals surface area contributed by atoms with Gasteiger partial charge in [-0.3, -0.25) is 0 Å². The highest BCUT2D eigenvalue weighted by atomic mass is 15.0. The Morgan fingerprint density at radius 3 is 2.36 bits per heavy atom. The van der Waals surface area contributed by atoms with Gasteiger partial charge in [-0.15, -0.1) is 0 Å². The minimum atomic E-state index is 0.235. The topological polar surface area (TPSA) is 12.0 Å². The van der Waals surface area contributed by atoms with Crippen LogP contribution < -0.4 is 5.32 Å². The fourth-order valence-corrected chi connectivity index (χ4v) is 1.71. The molecule has 0 spiro atoms. The van der Waals surface area contributed by atoms with Gasteiger partial charge in [0.05, 0.1) is 0 Å². The molecule has 1 nitrogen and oxygen atoms in total. The monoisotopic (exact) mass is 189 g/mol. The van der Waals surface area contributed by atoms with Gasteiger partial charge in [0.2, 0.25) is 0 Å². The second-order valence-corrected chi connectivity index (χ2v) is 5.21. The molecule has 0 aliphatic heterocycles. The Hall–Kier alpha value is -0.980. The van der Waals surface area contributed by atoms with Crippen molar-refractivity contribution in [1.29, 1.82) is 0 Å². The van der Waals surface area contributed by atoms with Crippen LogP contribution in [0.3, 0.4) is 0 Å². The highest BCUT2D eigenvalue weighted by Gasteiger charge is 2.24. The number of para-hydroxylation sites is 1. The van der Waals surface area contributed by atoms with E-state index in [4.69, 9.17) is 0 Å². The van der Waals surface area contributed by atoms with Crippen LogP contribution >= 0.6 is 0 Å². The SMILES string of the molecule is CC(C)(C)c1ccccc1NC1CC1. The van der Waals surface area contributed by atoms with Gasteiger partial charge in [-0.25, -0.2) is 0 Å². The van der Waals surface area contributed by atoms with E-state index < -0.39 is 0 Å². The third-order valence-corrected chi connectivity index (χ3v) is 2.67. The molecule has 1 saturated carbocycles. The second-order valence-electron chi connectivity index (χ2n) is 5.21. The van der Waals surface area contributed by atoms with Crippen molar-refractivity contribution < 1.29 is 0 Å². The summed E-state index contributed by atoms with van der Waals surface area (Å²) in [5.74, 6) is 0. The Balaban J connectivity index is 2.27. The summed E-state index contributed by atoms with van der Waals surface area (Å²) in [6.07, 6.45) is 2.66. The molecule has 0 atom stereocenters. The quantitative estimate of drug-likeness (QED) is 0.750. The molecule has 1 N–H and O–H groups in total. The van der Waals surface area contributed by atoms with E-state index in [1.807, 2.05) is 0 Å². The summed E-state index contributed by atoms with van der Waals surface area (Å²) >= 11 is 0. The van der Waals surface area contributed by atoms with Crippen LogP contribution in [0.25, 0.3) is 0 Å². The van der Waals surface area contributed by atoms with Gasteiger partial charge in [-0.1, -0.05) is 39.0 Å². The third-order valence-electron chi connectivity index (χ3n) is 2.67. The average Bonchev–Trinajstić information content (AvgIpc) is 2.87. The van der Waals surface area contributed by atoms with Gasteiger partial charge in [0, 0.05) is 11.7 Å². The van der Waals surface area contributed by atoms with Crippen LogP contribution in [0.1, 0.15) is 39.2 Å². The van der Waals surface area contributed by atoms with E-state index in [9.17, 15) is 0 Å². The van der Waals surface area contributed by atoms with Crippen molar-refractivity contribution >= 4 is 5.69 Å². The van der Waals surface area contributed by atoms with Crippen LogP contribution in [0, 0.1) is 0 Å². The lowest BCUT2D eigenvalue weighted by atomic mass is 9.86. The molecule has 1 heteroatoms. The van der Waals surface area contributed by atoms with Crippen molar-refractivity contribution in [3.63, 3.8) is 0 Å². The first kappa shape index (κ1) is 9.57. The lowest BCUT2D eigenvalue weighted by molar-refractivity contribution is 0.591. The zero-order chi connectivity index (χ0) is 10.2. The van der Waals surface area contributed by atoms with Gasteiger partial charge in [-0.2, -0.15) is 0 Å². The zero-order valence-electron chi connectivity index (χ0n) is 9.30. The van der Waals surface area contributed by atoms with Crippen molar-refractivity contribution in [3.8, 4) is 0 Å². The van der Waals surface area contributed by atoms with Gasteiger partial charge in [0.15, 0.2) is 0 Å². The van der Waals surface area contributed by atoms with E-state index in [1.165, 1.54) is 24.1 Å². The number of benzene rings is 1. The molecule has 1 aliphatic carbocycles. The molecular formula is C13H19N.